The molecule has 4 heteroatoms. The van der Waals surface area contributed by atoms with Gasteiger partial charge in [-0.05, 0) is 24.6 Å². The van der Waals surface area contributed by atoms with Gasteiger partial charge in [0, 0.05) is 24.7 Å². The van der Waals surface area contributed by atoms with Crippen LogP contribution in [0.15, 0.2) is 24.4 Å². The number of rotatable bonds is 1. The number of ether oxygens (including phenoxy) is 2. The van der Waals surface area contributed by atoms with E-state index in [-0.39, 0.29) is 0 Å². The van der Waals surface area contributed by atoms with E-state index >= 15 is 0 Å². The Kier molecular flexibility index (Phi) is 2.09. The number of benzene rings is 1. The molecule has 0 saturated carbocycles. The average molecular weight is 242 g/mol. The van der Waals surface area contributed by atoms with E-state index in [1.165, 1.54) is 12.2 Å². The van der Waals surface area contributed by atoms with Gasteiger partial charge in [0.2, 0.25) is 0 Å². The Morgan fingerprint density at radius 2 is 2.00 bits per heavy atom. The molecule has 4 rings (SSSR count). The monoisotopic (exact) mass is 242 g/mol. The summed E-state index contributed by atoms with van der Waals surface area (Å²) in [7, 11) is 0. The molecule has 0 amide bonds. The Bertz CT molecular complexity index is 582. The summed E-state index contributed by atoms with van der Waals surface area (Å²) in [4.78, 5) is 4.68. The van der Waals surface area contributed by atoms with Gasteiger partial charge in [0.1, 0.15) is 19.0 Å². The molecule has 92 valence electrons. The van der Waals surface area contributed by atoms with Gasteiger partial charge in [-0.3, -0.25) is 0 Å². The number of hydrogen-bond acceptors (Lipinski definition) is 3. The van der Waals surface area contributed by atoms with Crippen LogP contribution in [0.25, 0.3) is 11.3 Å². The van der Waals surface area contributed by atoms with Gasteiger partial charge in [-0.1, -0.05) is 0 Å². The number of nitrogens with zero attached hydrogens (tertiary/aromatic N) is 2. The lowest BCUT2D eigenvalue weighted by Gasteiger charge is -2.18. The van der Waals surface area contributed by atoms with Crippen molar-refractivity contribution in [1.29, 1.82) is 0 Å². The Morgan fingerprint density at radius 1 is 1.11 bits per heavy atom. The van der Waals surface area contributed by atoms with Crippen LogP contribution in [0, 0.1) is 0 Å². The Morgan fingerprint density at radius 3 is 2.89 bits per heavy atom. The molecule has 2 aliphatic rings. The predicted molar refractivity (Wildman–Crippen MR) is 67.0 cm³/mol. The molecular formula is C14H14N2O2. The number of aryl methyl sites for hydroxylation is 2. The number of aromatic nitrogens is 2. The minimum atomic E-state index is 0.621. The SMILES string of the molecule is c1cc2c(cc1-c1cn3c(n1)CCC3)OCCO2. The third-order valence-corrected chi connectivity index (χ3v) is 3.50. The Hall–Kier alpha value is -1.97. The van der Waals surface area contributed by atoms with Crippen molar-refractivity contribution in [2.24, 2.45) is 0 Å². The molecule has 2 aliphatic heterocycles. The van der Waals surface area contributed by atoms with E-state index in [0.717, 1.165) is 35.7 Å². The molecule has 0 atom stereocenters. The predicted octanol–water partition coefficient (Wildman–Crippen LogP) is 2.27. The summed E-state index contributed by atoms with van der Waals surface area (Å²) in [5.41, 5.74) is 2.13. The molecule has 2 aromatic rings. The number of imidazole rings is 1. The normalized spacial score (nSPS) is 16.7. The largest absolute Gasteiger partial charge is 0.486 e. The summed E-state index contributed by atoms with van der Waals surface area (Å²) in [6.07, 6.45) is 4.43. The highest BCUT2D eigenvalue weighted by Crippen LogP contribution is 2.34. The van der Waals surface area contributed by atoms with Crippen molar-refractivity contribution >= 4 is 0 Å². The first kappa shape index (κ1) is 10.00. The summed E-state index contributed by atoms with van der Waals surface area (Å²) in [6.45, 7) is 2.34. The summed E-state index contributed by atoms with van der Waals surface area (Å²) < 4.78 is 13.4. The fraction of sp³-hybridized carbons (Fsp3) is 0.357. The third-order valence-electron chi connectivity index (χ3n) is 3.50. The van der Waals surface area contributed by atoms with Crippen LogP contribution in [0.3, 0.4) is 0 Å². The lowest BCUT2D eigenvalue weighted by molar-refractivity contribution is 0.171. The van der Waals surface area contributed by atoms with Crippen LogP contribution in [-0.4, -0.2) is 22.8 Å². The first-order valence-corrected chi connectivity index (χ1v) is 6.36. The van der Waals surface area contributed by atoms with Crippen molar-refractivity contribution in [3.05, 3.63) is 30.2 Å². The molecule has 0 spiro atoms. The quantitative estimate of drug-likeness (QED) is 0.769. The lowest BCUT2D eigenvalue weighted by Crippen LogP contribution is -2.15. The highest BCUT2D eigenvalue weighted by Gasteiger charge is 2.17. The van der Waals surface area contributed by atoms with E-state index < -0.39 is 0 Å². The van der Waals surface area contributed by atoms with Gasteiger partial charge < -0.3 is 14.0 Å². The zero-order chi connectivity index (χ0) is 11.9. The molecular weight excluding hydrogens is 228 g/mol. The summed E-state index contributed by atoms with van der Waals surface area (Å²) in [6, 6.07) is 6.03. The van der Waals surface area contributed by atoms with Crippen LogP contribution in [0.2, 0.25) is 0 Å². The van der Waals surface area contributed by atoms with Gasteiger partial charge in [0.25, 0.3) is 0 Å². The standard InChI is InChI=1S/C14H14N2O2/c1-2-14-15-11(9-16(14)5-1)10-3-4-12-13(8-10)18-7-6-17-12/h3-4,8-9H,1-2,5-7H2. The van der Waals surface area contributed by atoms with Crippen LogP contribution in [0.5, 0.6) is 11.5 Å². The number of hydrogen-bond donors (Lipinski definition) is 0. The van der Waals surface area contributed by atoms with Crippen molar-refractivity contribution < 1.29 is 9.47 Å². The molecule has 4 nitrogen and oxygen atoms in total. The molecule has 0 aliphatic carbocycles. The maximum absolute atomic E-state index is 5.60. The second-order valence-corrected chi connectivity index (χ2v) is 4.70. The van der Waals surface area contributed by atoms with Gasteiger partial charge in [-0.2, -0.15) is 0 Å². The van der Waals surface area contributed by atoms with E-state index in [4.69, 9.17) is 9.47 Å². The zero-order valence-corrected chi connectivity index (χ0v) is 10.1. The minimum absolute atomic E-state index is 0.621. The second-order valence-electron chi connectivity index (χ2n) is 4.70. The van der Waals surface area contributed by atoms with Gasteiger partial charge in [-0.25, -0.2) is 4.98 Å². The van der Waals surface area contributed by atoms with Crippen LogP contribution < -0.4 is 9.47 Å². The van der Waals surface area contributed by atoms with Crippen molar-refractivity contribution in [3.8, 4) is 22.8 Å². The van der Waals surface area contributed by atoms with Gasteiger partial charge in [-0.15, -0.1) is 0 Å². The Labute approximate surface area is 105 Å². The minimum Gasteiger partial charge on any atom is -0.486 e. The van der Waals surface area contributed by atoms with E-state index in [2.05, 4.69) is 15.7 Å². The van der Waals surface area contributed by atoms with Crippen LogP contribution >= 0.6 is 0 Å². The van der Waals surface area contributed by atoms with Crippen LogP contribution in [0.1, 0.15) is 12.2 Å². The molecule has 3 heterocycles. The molecule has 0 fully saturated rings. The van der Waals surface area contributed by atoms with Crippen LogP contribution in [-0.2, 0) is 13.0 Å². The number of fused-ring (bicyclic) bond motifs is 2. The molecule has 0 bridgehead atoms. The van der Waals surface area contributed by atoms with Gasteiger partial charge in [0.05, 0.1) is 5.69 Å². The topological polar surface area (TPSA) is 36.3 Å². The van der Waals surface area contributed by atoms with E-state index in [9.17, 15) is 0 Å². The molecule has 1 aromatic heterocycles. The molecule has 0 saturated heterocycles. The Balaban J connectivity index is 1.75. The van der Waals surface area contributed by atoms with Crippen molar-refractivity contribution in [2.45, 2.75) is 19.4 Å². The first-order chi connectivity index (χ1) is 8.90. The third kappa shape index (κ3) is 1.49. The lowest BCUT2D eigenvalue weighted by atomic mass is 10.1. The highest BCUT2D eigenvalue weighted by molar-refractivity contribution is 5.64. The molecule has 0 unspecified atom stereocenters. The summed E-state index contributed by atoms with van der Waals surface area (Å²) in [5.74, 6) is 2.85. The van der Waals surface area contributed by atoms with E-state index in [0.29, 0.717) is 13.2 Å². The summed E-state index contributed by atoms with van der Waals surface area (Å²) in [5, 5.41) is 0. The smallest absolute Gasteiger partial charge is 0.162 e. The zero-order valence-electron chi connectivity index (χ0n) is 10.1. The van der Waals surface area contributed by atoms with Crippen LogP contribution in [0.4, 0.5) is 0 Å². The second kappa shape index (κ2) is 3.77. The molecule has 0 radical (unpaired) electrons. The average Bonchev–Trinajstić information content (AvgIpc) is 2.99. The molecule has 18 heavy (non-hydrogen) atoms. The van der Waals surface area contributed by atoms with Gasteiger partial charge in [0.15, 0.2) is 11.5 Å². The van der Waals surface area contributed by atoms with Crippen molar-refractivity contribution in [3.63, 3.8) is 0 Å². The highest BCUT2D eigenvalue weighted by atomic mass is 16.6. The van der Waals surface area contributed by atoms with Crippen molar-refractivity contribution in [2.75, 3.05) is 13.2 Å². The maximum atomic E-state index is 5.60. The van der Waals surface area contributed by atoms with Crippen molar-refractivity contribution in [1.82, 2.24) is 9.55 Å². The van der Waals surface area contributed by atoms with Gasteiger partial charge >= 0.3 is 0 Å². The fourth-order valence-corrected chi connectivity index (χ4v) is 2.60. The fourth-order valence-electron chi connectivity index (χ4n) is 2.60. The van der Waals surface area contributed by atoms with E-state index in [1.54, 1.807) is 0 Å². The van der Waals surface area contributed by atoms with E-state index in [1.807, 2.05) is 18.2 Å². The first-order valence-electron chi connectivity index (χ1n) is 6.36. The molecule has 1 aromatic carbocycles. The maximum Gasteiger partial charge on any atom is 0.162 e. The summed E-state index contributed by atoms with van der Waals surface area (Å²) >= 11 is 0. The molecule has 0 N–H and O–H groups in total.